The maximum absolute atomic E-state index is 11.4. The summed E-state index contributed by atoms with van der Waals surface area (Å²) in [4.78, 5) is 11.4. The summed E-state index contributed by atoms with van der Waals surface area (Å²) in [6, 6.07) is 5.69. The predicted octanol–water partition coefficient (Wildman–Crippen LogP) is 3.82. The number of hydrogen-bond donors (Lipinski definition) is 1. The Bertz CT molecular complexity index is 456. The summed E-state index contributed by atoms with van der Waals surface area (Å²) in [5, 5.41) is 9.39. The largest absolute Gasteiger partial charge is 0.496 e. The zero-order valence-electron chi connectivity index (χ0n) is 12.7. The molecular weight excluding hydrogens is 240 g/mol. The van der Waals surface area contributed by atoms with Crippen molar-refractivity contribution in [3.8, 4) is 5.75 Å². The highest BCUT2D eigenvalue weighted by Crippen LogP contribution is 2.35. The first kappa shape index (κ1) is 15.5. The Labute approximate surface area is 115 Å². The lowest BCUT2D eigenvalue weighted by molar-refractivity contribution is -0.139. The minimum Gasteiger partial charge on any atom is -0.496 e. The van der Waals surface area contributed by atoms with Gasteiger partial charge in [0.1, 0.15) is 5.75 Å². The van der Waals surface area contributed by atoms with Crippen LogP contribution in [-0.4, -0.2) is 18.2 Å². The van der Waals surface area contributed by atoms with E-state index in [2.05, 4.69) is 20.8 Å². The molecule has 0 saturated heterocycles. The monoisotopic (exact) mass is 264 g/mol. The number of ether oxygens (including phenoxy) is 1. The molecule has 0 spiro atoms. The second-order valence-corrected chi connectivity index (χ2v) is 6.27. The van der Waals surface area contributed by atoms with E-state index in [0.717, 1.165) is 16.9 Å². The number of hydrogen-bond acceptors (Lipinski definition) is 2. The molecule has 3 nitrogen and oxygen atoms in total. The van der Waals surface area contributed by atoms with Gasteiger partial charge in [-0.3, -0.25) is 4.79 Å². The smallest absolute Gasteiger partial charge is 0.311 e. The summed E-state index contributed by atoms with van der Waals surface area (Å²) >= 11 is 0. The molecule has 3 heteroatoms. The Morgan fingerprint density at radius 1 is 1.26 bits per heavy atom. The second kappa shape index (κ2) is 5.64. The van der Waals surface area contributed by atoms with E-state index in [1.165, 1.54) is 0 Å². The van der Waals surface area contributed by atoms with Crippen molar-refractivity contribution >= 4 is 5.97 Å². The van der Waals surface area contributed by atoms with Crippen LogP contribution in [0.2, 0.25) is 0 Å². The summed E-state index contributed by atoms with van der Waals surface area (Å²) in [6.45, 7) is 10.2. The molecule has 0 aliphatic heterocycles. The van der Waals surface area contributed by atoms with Crippen LogP contribution in [0.15, 0.2) is 18.2 Å². The second-order valence-electron chi connectivity index (χ2n) is 6.27. The summed E-state index contributed by atoms with van der Waals surface area (Å²) < 4.78 is 5.38. The van der Waals surface area contributed by atoms with Gasteiger partial charge in [-0.25, -0.2) is 0 Å². The van der Waals surface area contributed by atoms with Gasteiger partial charge >= 0.3 is 5.97 Å². The van der Waals surface area contributed by atoms with Crippen molar-refractivity contribution in [3.05, 3.63) is 29.3 Å². The third-order valence-corrected chi connectivity index (χ3v) is 3.32. The predicted molar refractivity (Wildman–Crippen MR) is 76.9 cm³/mol. The van der Waals surface area contributed by atoms with Crippen molar-refractivity contribution in [2.24, 2.45) is 5.92 Å². The number of carboxylic acids is 1. The third kappa shape index (κ3) is 3.49. The van der Waals surface area contributed by atoms with Crippen molar-refractivity contribution in [1.29, 1.82) is 0 Å². The Morgan fingerprint density at radius 2 is 1.84 bits per heavy atom. The fourth-order valence-electron chi connectivity index (χ4n) is 2.32. The molecule has 0 fully saturated rings. The van der Waals surface area contributed by atoms with Gasteiger partial charge in [-0.2, -0.15) is 0 Å². The Morgan fingerprint density at radius 3 is 2.21 bits per heavy atom. The molecule has 1 rings (SSSR count). The van der Waals surface area contributed by atoms with Gasteiger partial charge in [-0.15, -0.1) is 0 Å². The van der Waals surface area contributed by atoms with E-state index in [4.69, 9.17) is 4.74 Å². The lowest BCUT2D eigenvalue weighted by atomic mass is 9.81. The van der Waals surface area contributed by atoms with E-state index in [1.807, 2.05) is 32.0 Å². The summed E-state index contributed by atoms with van der Waals surface area (Å²) in [7, 11) is 1.64. The number of aliphatic carboxylic acids is 1. The molecule has 0 aliphatic carbocycles. The van der Waals surface area contributed by atoms with Gasteiger partial charge < -0.3 is 9.84 Å². The van der Waals surface area contributed by atoms with Gasteiger partial charge in [0.25, 0.3) is 0 Å². The highest BCUT2D eigenvalue weighted by molar-refractivity contribution is 5.76. The van der Waals surface area contributed by atoms with Crippen LogP contribution in [0.4, 0.5) is 0 Å². The van der Waals surface area contributed by atoms with Gasteiger partial charge in [0.15, 0.2) is 0 Å². The number of carboxylic acid groups (broad SMARTS) is 1. The number of carbonyl (C=O) groups is 1. The first-order valence-corrected chi connectivity index (χ1v) is 6.59. The standard InChI is InChI=1S/C16H24O3/c1-10(2)14(15(17)18)11-7-8-13(19-6)12(9-11)16(3,4)5/h7-10,14H,1-6H3,(H,17,18). The molecule has 1 aromatic rings. The normalized spacial score (nSPS) is 13.4. The number of methoxy groups -OCH3 is 1. The SMILES string of the molecule is COc1ccc(C(C(=O)O)C(C)C)cc1C(C)(C)C. The summed E-state index contributed by atoms with van der Waals surface area (Å²) in [5.74, 6) is -0.394. The van der Waals surface area contributed by atoms with Crippen LogP contribution in [0.3, 0.4) is 0 Å². The van der Waals surface area contributed by atoms with Crippen LogP contribution in [-0.2, 0) is 10.2 Å². The van der Waals surface area contributed by atoms with Gasteiger partial charge in [-0.1, -0.05) is 46.8 Å². The molecule has 0 aromatic heterocycles. The fourth-order valence-corrected chi connectivity index (χ4v) is 2.32. The lowest BCUT2D eigenvalue weighted by Crippen LogP contribution is -2.19. The topological polar surface area (TPSA) is 46.5 Å². The first-order chi connectivity index (χ1) is 8.68. The maximum Gasteiger partial charge on any atom is 0.311 e. The van der Waals surface area contributed by atoms with Crippen molar-refractivity contribution in [3.63, 3.8) is 0 Å². The molecule has 19 heavy (non-hydrogen) atoms. The highest BCUT2D eigenvalue weighted by atomic mass is 16.5. The van der Waals surface area contributed by atoms with Crippen LogP contribution in [0.25, 0.3) is 0 Å². The molecule has 1 aromatic carbocycles. The molecule has 0 heterocycles. The van der Waals surface area contributed by atoms with E-state index >= 15 is 0 Å². The molecule has 106 valence electrons. The highest BCUT2D eigenvalue weighted by Gasteiger charge is 2.26. The van der Waals surface area contributed by atoms with E-state index in [0.29, 0.717) is 0 Å². The molecule has 0 aliphatic rings. The van der Waals surface area contributed by atoms with Gasteiger partial charge in [0.2, 0.25) is 0 Å². The van der Waals surface area contributed by atoms with Crippen LogP contribution in [0.1, 0.15) is 51.7 Å². The molecular formula is C16H24O3. The van der Waals surface area contributed by atoms with Crippen LogP contribution in [0, 0.1) is 5.92 Å². The van der Waals surface area contributed by atoms with E-state index in [9.17, 15) is 9.90 Å². The minimum atomic E-state index is -0.778. The Balaban J connectivity index is 3.36. The number of benzene rings is 1. The van der Waals surface area contributed by atoms with Crippen LogP contribution >= 0.6 is 0 Å². The summed E-state index contributed by atoms with van der Waals surface area (Å²) in [5.41, 5.74) is 1.80. The Kier molecular flexibility index (Phi) is 4.61. The van der Waals surface area contributed by atoms with E-state index in [-0.39, 0.29) is 11.3 Å². The van der Waals surface area contributed by atoms with Gasteiger partial charge in [0.05, 0.1) is 13.0 Å². The zero-order valence-corrected chi connectivity index (χ0v) is 12.7. The molecule has 0 saturated carbocycles. The van der Waals surface area contributed by atoms with Crippen molar-refractivity contribution in [2.75, 3.05) is 7.11 Å². The van der Waals surface area contributed by atoms with Crippen molar-refractivity contribution < 1.29 is 14.6 Å². The molecule has 0 bridgehead atoms. The molecule has 0 amide bonds. The lowest BCUT2D eigenvalue weighted by Gasteiger charge is -2.25. The molecule has 1 atom stereocenters. The maximum atomic E-state index is 11.4. The third-order valence-electron chi connectivity index (χ3n) is 3.32. The van der Waals surface area contributed by atoms with Crippen LogP contribution < -0.4 is 4.74 Å². The van der Waals surface area contributed by atoms with Crippen LogP contribution in [0.5, 0.6) is 5.75 Å². The molecule has 1 N–H and O–H groups in total. The van der Waals surface area contributed by atoms with Crippen molar-refractivity contribution in [1.82, 2.24) is 0 Å². The Hall–Kier alpha value is -1.51. The molecule has 1 unspecified atom stereocenters. The molecule has 0 radical (unpaired) electrons. The van der Waals surface area contributed by atoms with E-state index < -0.39 is 11.9 Å². The average molecular weight is 264 g/mol. The fraction of sp³-hybridized carbons (Fsp3) is 0.562. The quantitative estimate of drug-likeness (QED) is 0.899. The minimum absolute atomic E-state index is 0.0544. The number of rotatable bonds is 4. The zero-order chi connectivity index (χ0) is 14.8. The van der Waals surface area contributed by atoms with Gasteiger partial charge in [-0.05, 0) is 28.5 Å². The first-order valence-electron chi connectivity index (χ1n) is 6.59. The van der Waals surface area contributed by atoms with E-state index in [1.54, 1.807) is 7.11 Å². The summed E-state index contributed by atoms with van der Waals surface area (Å²) in [6.07, 6.45) is 0. The van der Waals surface area contributed by atoms with Crippen molar-refractivity contribution in [2.45, 2.75) is 46.0 Å². The average Bonchev–Trinajstić information content (AvgIpc) is 2.26. The van der Waals surface area contributed by atoms with Gasteiger partial charge in [0, 0.05) is 0 Å².